The Hall–Kier alpha value is -1.59. The Morgan fingerprint density at radius 3 is 2.67 bits per heavy atom. The molecule has 1 fully saturated rings. The molecule has 0 unspecified atom stereocenters. The lowest BCUT2D eigenvalue weighted by molar-refractivity contribution is -0.126. The van der Waals surface area contributed by atoms with Crippen LogP contribution in [0.4, 0.5) is 5.69 Å². The number of para-hydroxylation sites is 1. The first kappa shape index (κ1) is 15.8. The third-order valence-corrected chi connectivity index (χ3v) is 3.83. The van der Waals surface area contributed by atoms with Crippen molar-refractivity contribution in [2.75, 3.05) is 18.9 Å². The predicted octanol–water partition coefficient (Wildman–Crippen LogP) is 1.88. The highest BCUT2D eigenvalue weighted by Gasteiger charge is 2.27. The van der Waals surface area contributed by atoms with E-state index in [2.05, 4.69) is 10.6 Å². The number of hydrogen-bond acceptors (Lipinski definition) is 3. The van der Waals surface area contributed by atoms with Crippen molar-refractivity contribution in [3.8, 4) is 0 Å². The van der Waals surface area contributed by atoms with E-state index in [4.69, 9.17) is 11.6 Å². The lowest BCUT2D eigenvalue weighted by Crippen LogP contribution is -2.46. The number of nitrogens with one attached hydrogen (secondary N) is 2. The minimum Gasteiger partial charge on any atom is -0.352 e. The zero-order chi connectivity index (χ0) is 15.4. The number of amides is 2. The van der Waals surface area contributed by atoms with Crippen LogP contribution in [-0.4, -0.2) is 42.4 Å². The SMILES string of the molecule is C[C@H](C(=O)NC1CC1)N(C)CC(=O)Nc1ccccc1Cl. The third kappa shape index (κ3) is 4.72. The normalized spacial score (nSPS) is 15.6. The first-order chi connectivity index (χ1) is 9.97. The van der Waals surface area contributed by atoms with E-state index in [0.29, 0.717) is 16.8 Å². The molecule has 5 nitrogen and oxygen atoms in total. The van der Waals surface area contributed by atoms with Gasteiger partial charge in [-0.25, -0.2) is 0 Å². The van der Waals surface area contributed by atoms with Gasteiger partial charge >= 0.3 is 0 Å². The summed E-state index contributed by atoms with van der Waals surface area (Å²) in [5, 5.41) is 6.17. The summed E-state index contributed by atoms with van der Waals surface area (Å²) < 4.78 is 0. The summed E-state index contributed by atoms with van der Waals surface area (Å²) in [5.74, 6) is -0.234. The first-order valence-corrected chi connectivity index (χ1v) is 7.40. The number of hydrogen-bond donors (Lipinski definition) is 2. The standard InChI is InChI=1S/C15H20ClN3O2/c1-10(15(21)17-11-7-8-11)19(2)9-14(20)18-13-6-4-3-5-12(13)16/h3-6,10-11H,7-9H2,1-2H3,(H,17,21)(H,18,20)/t10-/m1/s1. The Morgan fingerprint density at radius 1 is 1.38 bits per heavy atom. The second-order valence-electron chi connectivity index (χ2n) is 5.40. The van der Waals surface area contributed by atoms with Crippen LogP contribution in [0.1, 0.15) is 19.8 Å². The molecule has 1 aliphatic rings. The van der Waals surface area contributed by atoms with Crippen molar-refractivity contribution in [1.82, 2.24) is 10.2 Å². The van der Waals surface area contributed by atoms with Crippen LogP contribution in [0.5, 0.6) is 0 Å². The van der Waals surface area contributed by atoms with Gasteiger partial charge in [0.2, 0.25) is 11.8 Å². The van der Waals surface area contributed by atoms with E-state index in [-0.39, 0.29) is 24.4 Å². The Labute approximate surface area is 129 Å². The van der Waals surface area contributed by atoms with Crippen LogP contribution in [0.25, 0.3) is 0 Å². The molecule has 1 atom stereocenters. The Kier molecular flexibility index (Phi) is 5.20. The molecule has 1 aliphatic carbocycles. The summed E-state index contributed by atoms with van der Waals surface area (Å²) in [6, 6.07) is 7.04. The number of carbonyl (C=O) groups excluding carboxylic acids is 2. The maximum absolute atomic E-state index is 12.0. The van der Waals surface area contributed by atoms with Gasteiger partial charge in [-0.3, -0.25) is 14.5 Å². The lowest BCUT2D eigenvalue weighted by Gasteiger charge is -2.23. The highest BCUT2D eigenvalue weighted by Crippen LogP contribution is 2.20. The Morgan fingerprint density at radius 2 is 2.05 bits per heavy atom. The summed E-state index contributed by atoms with van der Waals surface area (Å²) in [6.07, 6.45) is 2.10. The Balaban J connectivity index is 1.83. The second-order valence-corrected chi connectivity index (χ2v) is 5.81. The molecule has 0 spiro atoms. The molecule has 114 valence electrons. The van der Waals surface area contributed by atoms with Gasteiger partial charge in [0, 0.05) is 6.04 Å². The van der Waals surface area contributed by atoms with Crippen LogP contribution < -0.4 is 10.6 Å². The second kappa shape index (κ2) is 6.91. The van der Waals surface area contributed by atoms with Gasteiger partial charge in [0.05, 0.1) is 23.3 Å². The maximum Gasteiger partial charge on any atom is 0.238 e. The van der Waals surface area contributed by atoms with Crippen LogP contribution in [0, 0.1) is 0 Å². The van der Waals surface area contributed by atoms with Crippen molar-refractivity contribution in [2.45, 2.75) is 31.8 Å². The number of carbonyl (C=O) groups is 2. The molecule has 0 bridgehead atoms. The molecule has 21 heavy (non-hydrogen) atoms. The van der Waals surface area contributed by atoms with Crippen LogP contribution in [-0.2, 0) is 9.59 Å². The van der Waals surface area contributed by atoms with Gasteiger partial charge in [0.25, 0.3) is 0 Å². The molecule has 2 rings (SSSR count). The summed E-state index contributed by atoms with van der Waals surface area (Å²) in [7, 11) is 1.75. The van der Waals surface area contributed by atoms with E-state index in [1.807, 2.05) is 0 Å². The van der Waals surface area contributed by atoms with E-state index in [0.717, 1.165) is 12.8 Å². The zero-order valence-electron chi connectivity index (χ0n) is 12.2. The summed E-state index contributed by atoms with van der Waals surface area (Å²) >= 11 is 5.99. The van der Waals surface area contributed by atoms with Gasteiger partial charge in [-0.15, -0.1) is 0 Å². The van der Waals surface area contributed by atoms with E-state index >= 15 is 0 Å². The number of halogens is 1. The van der Waals surface area contributed by atoms with Crippen molar-refractivity contribution in [3.63, 3.8) is 0 Å². The molecule has 0 aromatic heterocycles. The summed E-state index contributed by atoms with van der Waals surface area (Å²) in [4.78, 5) is 25.6. The molecule has 0 heterocycles. The van der Waals surface area contributed by atoms with E-state index in [1.54, 1.807) is 43.1 Å². The van der Waals surface area contributed by atoms with Crippen LogP contribution in [0.3, 0.4) is 0 Å². The fraction of sp³-hybridized carbons (Fsp3) is 0.467. The molecule has 0 aliphatic heterocycles. The fourth-order valence-corrected chi connectivity index (χ4v) is 2.05. The van der Waals surface area contributed by atoms with Crippen LogP contribution >= 0.6 is 11.6 Å². The number of rotatable bonds is 6. The Bertz CT molecular complexity index is 531. The van der Waals surface area contributed by atoms with Crippen molar-refractivity contribution in [1.29, 1.82) is 0 Å². The predicted molar refractivity (Wildman–Crippen MR) is 83.3 cm³/mol. The molecule has 1 aromatic carbocycles. The monoisotopic (exact) mass is 309 g/mol. The summed E-state index contributed by atoms with van der Waals surface area (Å²) in [5.41, 5.74) is 0.577. The fourth-order valence-electron chi connectivity index (χ4n) is 1.87. The third-order valence-electron chi connectivity index (χ3n) is 3.51. The highest BCUT2D eigenvalue weighted by molar-refractivity contribution is 6.33. The number of nitrogens with zero attached hydrogens (tertiary/aromatic N) is 1. The van der Waals surface area contributed by atoms with E-state index in [1.165, 1.54) is 0 Å². The number of anilines is 1. The minimum atomic E-state index is -0.345. The van der Waals surface area contributed by atoms with Gasteiger partial charge in [-0.2, -0.15) is 0 Å². The first-order valence-electron chi connectivity index (χ1n) is 7.02. The number of likely N-dealkylation sites (N-methyl/N-ethyl adjacent to an activating group) is 1. The van der Waals surface area contributed by atoms with E-state index in [9.17, 15) is 9.59 Å². The molecule has 2 N–H and O–H groups in total. The number of benzene rings is 1. The molecule has 2 amide bonds. The van der Waals surface area contributed by atoms with Crippen molar-refractivity contribution in [3.05, 3.63) is 29.3 Å². The van der Waals surface area contributed by atoms with Crippen molar-refractivity contribution < 1.29 is 9.59 Å². The molecule has 6 heteroatoms. The maximum atomic E-state index is 12.0. The minimum absolute atomic E-state index is 0.0365. The summed E-state index contributed by atoms with van der Waals surface area (Å²) in [6.45, 7) is 1.92. The molecular weight excluding hydrogens is 290 g/mol. The average molecular weight is 310 g/mol. The van der Waals surface area contributed by atoms with Crippen LogP contribution in [0.15, 0.2) is 24.3 Å². The van der Waals surface area contributed by atoms with Gasteiger partial charge in [0.15, 0.2) is 0 Å². The van der Waals surface area contributed by atoms with Gasteiger partial charge < -0.3 is 10.6 Å². The van der Waals surface area contributed by atoms with Gasteiger partial charge in [-0.1, -0.05) is 23.7 Å². The van der Waals surface area contributed by atoms with Gasteiger partial charge in [-0.05, 0) is 38.9 Å². The zero-order valence-corrected chi connectivity index (χ0v) is 13.0. The highest BCUT2D eigenvalue weighted by atomic mass is 35.5. The van der Waals surface area contributed by atoms with Crippen molar-refractivity contribution in [2.24, 2.45) is 0 Å². The molecule has 1 saturated carbocycles. The molecule has 0 saturated heterocycles. The average Bonchev–Trinajstić information content (AvgIpc) is 3.24. The topological polar surface area (TPSA) is 61.4 Å². The lowest BCUT2D eigenvalue weighted by atomic mass is 10.2. The van der Waals surface area contributed by atoms with Crippen molar-refractivity contribution >= 4 is 29.1 Å². The molecule has 0 radical (unpaired) electrons. The molecule has 1 aromatic rings. The van der Waals surface area contributed by atoms with Gasteiger partial charge in [0.1, 0.15) is 0 Å². The smallest absolute Gasteiger partial charge is 0.238 e. The van der Waals surface area contributed by atoms with Crippen LogP contribution in [0.2, 0.25) is 5.02 Å². The molecular formula is C15H20ClN3O2. The van der Waals surface area contributed by atoms with E-state index < -0.39 is 0 Å². The largest absolute Gasteiger partial charge is 0.352 e. The quantitative estimate of drug-likeness (QED) is 0.843.